The van der Waals surface area contributed by atoms with E-state index in [-0.39, 0.29) is 11.4 Å². The summed E-state index contributed by atoms with van der Waals surface area (Å²) in [5.41, 5.74) is 1.57. The van der Waals surface area contributed by atoms with Gasteiger partial charge in [0.2, 0.25) is 0 Å². The predicted molar refractivity (Wildman–Crippen MR) is 76.5 cm³/mol. The maximum Gasteiger partial charge on any atom is 0.158 e. The summed E-state index contributed by atoms with van der Waals surface area (Å²) in [7, 11) is 0. The average molecular weight is 249 g/mol. The standard InChI is InChI=1S/C16H11NO2/c18-16-14(11-6-2-1-3-7-11)10-12-8-4-5-9-13(12)15(16)17-19/h1-10,18H. The molecule has 3 rings (SSSR count). The lowest BCUT2D eigenvalue weighted by molar-refractivity contribution is 0.479. The van der Waals surface area contributed by atoms with Gasteiger partial charge in [0.05, 0.1) is 0 Å². The monoisotopic (exact) mass is 249 g/mol. The van der Waals surface area contributed by atoms with Crippen LogP contribution in [0, 0.1) is 4.91 Å². The predicted octanol–water partition coefficient (Wildman–Crippen LogP) is 4.61. The lowest BCUT2D eigenvalue weighted by Gasteiger charge is -2.09. The van der Waals surface area contributed by atoms with E-state index in [1.165, 1.54) is 0 Å². The van der Waals surface area contributed by atoms with Gasteiger partial charge in [-0.1, -0.05) is 54.6 Å². The first-order chi connectivity index (χ1) is 9.31. The van der Waals surface area contributed by atoms with Gasteiger partial charge < -0.3 is 5.11 Å². The van der Waals surface area contributed by atoms with Crippen LogP contribution in [0.4, 0.5) is 5.69 Å². The van der Waals surface area contributed by atoms with E-state index in [4.69, 9.17) is 0 Å². The zero-order chi connectivity index (χ0) is 13.2. The molecule has 0 saturated carbocycles. The van der Waals surface area contributed by atoms with Crippen molar-refractivity contribution in [3.8, 4) is 16.9 Å². The lowest BCUT2D eigenvalue weighted by Crippen LogP contribution is -1.82. The third kappa shape index (κ3) is 1.85. The highest BCUT2D eigenvalue weighted by molar-refractivity contribution is 6.00. The first-order valence-corrected chi connectivity index (χ1v) is 5.95. The Hall–Kier alpha value is -2.68. The minimum Gasteiger partial charge on any atom is -0.505 e. The van der Waals surface area contributed by atoms with Gasteiger partial charge in [0.15, 0.2) is 11.4 Å². The summed E-state index contributed by atoms with van der Waals surface area (Å²) in [4.78, 5) is 11.0. The molecule has 0 amide bonds. The summed E-state index contributed by atoms with van der Waals surface area (Å²) in [6.07, 6.45) is 0. The van der Waals surface area contributed by atoms with Gasteiger partial charge in [0.1, 0.15) is 0 Å². The zero-order valence-electron chi connectivity index (χ0n) is 10.1. The van der Waals surface area contributed by atoms with Gasteiger partial charge in [-0.2, -0.15) is 0 Å². The van der Waals surface area contributed by atoms with Gasteiger partial charge in [-0.3, -0.25) is 0 Å². The number of phenolic OH excluding ortho intramolecular Hbond substituents is 1. The molecule has 0 spiro atoms. The molecule has 0 fully saturated rings. The van der Waals surface area contributed by atoms with Crippen LogP contribution in [-0.4, -0.2) is 5.11 Å². The first kappa shape index (κ1) is 11.4. The maximum atomic E-state index is 11.0. The Morgan fingerprint density at radius 3 is 2.32 bits per heavy atom. The molecule has 0 atom stereocenters. The van der Waals surface area contributed by atoms with E-state index in [2.05, 4.69) is 5.18 Å². The van der Waals surface area contributed by atoms with Crippen molar-refractivity contribution in [2.24, 2.45) is 5.18 Å². The first-order valence-electron chi connectivity index (χ1n) is 5.95. The summed E-state index contributed by atoms with van der Waals surface area (Å²) in [6, 6.07) is 18.7. The summed E-state index contributed by atoms with van der Waals surface area (Å²) >= 11 is 0. The van der Waals surface area contributed by atoms with Crippen LogP contribution >= 0.6 is 0 Å². The third-order valence-corrected chi connectivity index (χ3v) is 3.17. The fourth-order valence-electron chi connectivity index (χ4n) is 2.25. The Morgan fingerprint density at radius 2 is 1.58 bits per heavy atom. The van der Waals surface area contributed by atoms with E-state index < -0.39 is 0 Å². The number of phenols is 1. The fraction of sp³-hybridized carbons (Fsp3) is 0. The highest BCUT2D eigenvalue weighted by Crippen LogP contribution is 2.42. The molecule has 3 aromatic rings. The van der Waals surface area contributed by atoms with Crippen LogP contribution in [0.25, 0.3) is 21.9 Å². The van der Waals surface area contributed by atoms with E-state index in [1.54, 1.807) is 6.07 Å². The number of fused-ring (bicyclic) bond motifs is 1. The van der Waals surface area contributed by atoms with Crippen LogP contribution in [0.5, 0.6) is 5.75 Å². The van der Waals surface area contributed by atoms with Crippen molar-refractivity contribution < 1.29 is 5.11 Å². The molecule has 0 aromatic heterocycles. The molecular formula is C16H11NO2. The fourth-order valence-corrected chi connectivity index (χ4v) is 2.25. The molecule has 0 bridgehead atoms. The zero-order valence-corrected chi connectivity index (χ0v) is 10.1. The topological polar surface area (TPSA) is 49.7 Å². The molecule has 0 saturated heterocycles. The molecule has 0 aliphatic carbocycles. The number of hydrogen-bond acceptors (Lipinski definition) is 3. The van der Waals surface area contributed by atoms with Crippen LogP contribution in [0.2, 0.25) is 0 Å². The largest absolute Gasteiger partial charge is 0.505 e. The van der Waals surface area contributed by atoms with Crippen LogP contribution in [-0.2, 0) is 0 Å². The summed E-state index contributed by atoms with van der Waals surface area (Å²) < 4.78 is 0. The molecule has 92 valence electrons. The second-order valence-electron chi connectivity index (χ2n) is 4.30. The van der Waals surface area contributed by atoms with Crippen molar-refractivity contribution >= 4 is 16.5 Å². The third-order valence-electron chi connectivity index (χ3n) is 3.17. The minimum absolute atomic E-state index is 0.0695. The van der Waals surface area contributed by atoms with E-state index in [1.807, 2.05) is 54.6 Å². The molecule has 3 aromatic carbocycles. The number of hydrogen-bond donors (Lipinski definition) is 1. The van der Waals surface area contributed by atoms with E-state index in [9.17, 15) is 10.0 Å². The van der Waals surface area contributed by atoms with Crippen LogP contribution < -0.4 is 0 Å². The molecule has 0 unspecified atom stereocenters. The second kappa shape index (κ2) is 4.53. The van der Waals surface area contributed by atoms with Crippen LogP contribution in [0.3, 0.4) is 0 Å². The maximum absolute atomic E-state index is 11.0. The number of benzene rings is 3. The average Bonchev–Trinajstić information content (AvgIpc) is 2.47. The normalized spacial score (nSPS) is 10.5. The number of aromatic hydroxyl groups is 1. The van der Waals surface area contributed by atoms with Gasteiger partial charge in [0, 0.05) is 10.9 Å². The van der Waals surface area contributed by atoms with Crippen molar-refractivity contribution in [1.82, 2.24) is 0 Å². The second-order valence-corrected chi connectivity index (χ2v) is 4.30. The number of nitrogens with zero attached hydrogens (tertiary/aromatic N) is 1. The Bertz CT molecular complexity index is 751. The molecule has 3 heteroatoms. The van der Waals surface area contributed by atoms with Gasteiger partial charge in [-0.05, 0) is 22.2 Å². The summed E-state index contributed by atoms with van der Waals surface area (Å²) in [6.45, 7) is 0. The van der Waals surface area contributed by atoms with E-state index in [0.29, 0.717) is 10.9 Å². The quantitative estimate of drug-likeness (QED) is 0.674. The lowest BCUT2D eigenvalue weighted by atomic mass is 9.98. The summed E-state index contributed by atoms with van der Waals surface area (Å²) in [5, 5.41) is 14.8. The van der Waals surface area contributed by atoms with Crippen LogP contribution in [0.15, 0.2) is 65.8 Å². The highest BCUT2D eigenvalue weighted by Gasteiger charge is 2.14. The molecule has 0 aliphatic heterocycles. The number of rotatable bonds is 2. The van der Waals surface area contributed by atoms with Crippen molar-refractivity contribution in [2.45, 2.75) is 0 Å². The molecule has 0 radical (unpaired) electrons. The van der Waals surface area contributed by atoms with E-state index in [0.717, 1.165) is 10.9 Å². The highest BCUT2D eigenvalue weighted by atomic mass is 16.3. The molecular weight excluding hydrogens is 238 g/mol. The van der Waals surface area contributed by atoms with Crippen LogP contribution in [0.1, 0.15) is 0 Å². The van der Waals surface area contributed by atoms with E-state index >= 15 is 0 Å². The van der Waals surface area contributed by atoms with Gasteiger partial charge in [0.25, 0.3) is 0 Å². The van der Waals surface area contributed by atoms with Gasteiger partial charge in [-0.15, -0.1) is 4.91 Å². The van der Waals surface area contributed by atoms with Crippen molar-refractivity contribution in [1.29, 1.82) is 0 Å². The van der Waals surface area contributed by atoms with Crippen molar-refractivity contribution in [3.63, 3.8) is 0 Å². The van der Waals surface area contributed by atoms with Crippen molar-refractivity contribution in [2.75, 3.05) is 0 Å². The molecule has 1 N–H and O–H groups in total. The number of nitroso groups, excluding NO2 is 1. The SMILES string of the molecule is O=Nc1c(O)c(-c2ccccc2)cc2ccccc12. The Balaban J connectivity index is 2.38. The Labute approximate surface area is 110 Å². The smallest absolute Gasteiger partial charge is 0.158 e. The Morgan fingerprint density at radius 1 is 0.895 bits per heavy atom. The minimum atomic E-state index is -0.0695. The molecule has 3 nitrogen and oxygen atoms in total. The summed E-state index contributed by atoms with van der Waals surface area (Å²) in [5.74, 6) is -0.0695. The molecule has 0 heterocycles. The van der Waals surface area contributed by atoms with Gasteiger partial charge >= 0.3 is 0 Å². The van der Waals surface area contributed by atoms with Crippen molar-refractivity contribution in [3.05, 3.63) is 65.6 Å². The Kier molecular flexibility index (Phi) is 2.72. The molecule has 0 aliphatic rings. The van der Waals surface area contributed by atoms with Gasteiger partial charge in [-0.25, -0.2) is 0 Å². The molecule has 19 heavy (non-hydrogen) atoms.